The molecule has 1 heterocycles. The van der Waals surface area contributed by atoms with Crippen molar-refractivity contribution in [2.75, 3.05) is 19.8 Å². The van der Waals surface area contributed by atoms with Crippen LogP contribution in [0.1, 0.15) is 194 Å². The third-order valence-electron chi connectivity index (χ3n) is 10.3. The maximum Gasteiger partial charge on any atom is 0.472 e. The Kier molecular flexibility index (Phi) is 34.7. The number of hydrogen-bond acceptors (Lipinski definition) is 10. The zero-order valence-corrected chi connectivity index (χ0v) is 37.7. The van der Waals surface area contributed by atoms with Gasteiger partial charge in [0.05, 0.1) is 25.4 Å². The Morgan fingerprint density at radius 1 is 0.627 bits per heavy atom. The van der Waals surface area contributed by atoms with Gasteiger partial charge in [-0.15, -0.1) is 0 Å². The van der Waals surface area contributed by atoms with Gasteiger partial charge >= 0.3 is 25.7 Å². The molecule has 1 aliphatic heterocycles. The molecule has 0 aromatic carbocycles. The molecule has 0 aliphatic carbocycles. The van der Waals surface area contributed by atoms with Crippen LogP contribution in [0.5, 0.6) is 0 Å². The number of phosphoric ester groups is 1. The molecule has 5 atom stereocenters. The summed E-state index contributed by atoms with van der Waals surface area (Å²) in [5.41, 5.74) is 5.34. The van der Waals surface area contributed by atoms with E-state index in [9.17, 15) is 23.8 Å². The van der Waals surface area contributed by atoms with E-state index in [1.807, 2.05) is 0 Å². The highest BCUT2D eigenvalue weighted by Crippen LogP contribution is 2.43. The lowest BCUT2D eigenvalue weighted by Gasteiger charge is -2.20. The number of carbonyl (C=O) groups is 3. The molecule has 0 amide bonds. The molecule has 0 aromatic heterocycles. The van der Waals surface area contributed by atoms with E-state index in [2.05, 4.69) is 54.8 Å². The van der Waals surface area contributed by atoms with Crippen molar-refractivity contribution in [3.05, 3.63) is 36.5 Å². The fourth-order valence-electron chi connectivity index (χ4n) is 6.56. The first-order chi connectivity index (χ1) is 28.6. The number of aliphatic carboxylic acids is 1. The van der Waals surface area contributed by atoms with Gasteiger partial charge in [0, 0.05) is 12.8 Å². The van der Waals surface area contributed by atoms with Gasteiger partial charge in [-0.1, -0.05) is 166 Å². The molecule has 0 aromatic rings. The van der Waals surface area contributed by atoms with Crippen LogP contribution >= 0.6 is 7.82 Å². The fraction of sp³-hybridized carbons (Fsp3) is 0.804. The van der Waals surface area contributed by atoms with E-state index in [0.29, 0.717) is 19.3 Å². The van der Waals surface area contributed by atoms with Crippen molar-refractivity contribution in [3.63, 3.8) is 0 Å². The van der Waals surface area contributed by atoms with Gasteiger partial charge < -0.3 is 29.9 Å². The number of unbranched alkanes of at least 4 members (excludes halogenated alkanes) is 19. The number of hydrogen-bond donors (Lipinski definition) is 3. The van der Waals surface area contributed by atoms with Gasteiger partial charge in [-0.05, 0) is 51.4 Å². The average Bonchev–Trinajstić information content (AvgIpc) is 3.97. The largest absolute Gasteiger partial charge is 0.480 e. The molecule has 0 spiro atoms. The lowest BCUT2D eigenvalue weighted by molar-refractivity contribution is -0.161. The molecule has 3 unspecified atom stereocenters. The van der Waals surface area contributed by atoms with Gasteiger partial charge in [-0.3, -0.25) is 23.4 Å². The van der Waals surface area contributed by atoms with E-state index >= 15 is 0 Å². The summed E-state index contributed by atoms with van der Waals surface area (Å²) in [5, 5.41) is 8.91. The van der Waals surface area contributed by atoms with Crippen molar-refractivity contribution in [1.82, 2.24) is 0 Å². The number of phosphoric acid groups is 1. The van der Waals surface area contributed by atoms with E-state index in [1.165, 1.54) is 103 Å². The Bertz CT molecular complexity index is 1210. The summed E-state index contributed by atoms with van der Waals surface area (Å²) >= 11 is 0. The Morgan fingerprint density at radius 2 is 1.12 bits per heavy atom. The van der Waals surface area contributed by atoms with Crippen LogP contribution < -0.4 is 5.73 Å². The normalized spacial score (nSPS) is 17.4. The number of rotatable bonds is 42. The zero-order chi connectivity index (χ0) is 43.2. The second-order valence-corrected chi connectivity index (χ2v) is 17.4. The predicted molar refractivity (Wildman–Crippen MR) is 235 cm³/mol. The topological polar surface area (TPSA) is 184 Å². The highest BCUT2D eigenvalue weighted by Gasteiger charge is 2.37. The standard InChI is InChI=1S/C46H82NO11P/c1-3-5-7-9-11-13-15-17-18-19-20-21-23-25-27-29-31-35-44(48)54-37-40(38-55-59(52,53)56-39-41(47)46(50)51)57-45(49)36-32-34-43-42(58-43)33-30-28-26-24-22-16-14-12-10-8-6-4-2/h12,14,22,24,28,30,40-43H,3-11,13,15-21,23,25-27,29,31-39,47H2,1-2H3,(H,50,51)(H,52,53)/b14-12-,24-22-,30-28-/t40-,41+,42?,43?/m1/s1. The smallest absolute Gasteiger partial charge is 0.472 e. The molecule has 59 heavy (non-hydrogen) atoms. The molecule has 342 valence electrons. The van der Waals surface area contributed by atoms with Gasteiger partial charge in [0.2, 0.25) is 0 Å². The summed E-state index contributed by atoms with van der Waals surface area (Å²) in [6, 6.07) is -1.53. The Morgan fingerprint density at radius 3 is 1.69 bits per heavy atom. The maximum atomic E-state index is 12.7. The maximum absolute atomic E-state index is 12.7. The number of carboxylic acid groups (broad SMARTS) is 1. The molecule has 1 saturated heterocycles. The number of nitrogens with two attached hydrogens (primary N) is 1. The minimum atomic E-state index is -4.74. The van der Waals surface area contributed by atoms with Crippen LogP contribution in [-0.4, -0.2) is 72.1 Å². The summed E-state index contributed by atoms with van der Waals surface area (Å²) in [6.07, 6.45) is 42.2. The van der Waals surface area contributed by atoms with Crippen LogP contribution in [0.2, 0.25) is 0 Å². The molecular formula is C46H82NO11P. The Labute approximate surface area is 357 Å². The van der Waals surface area contributed by atoms with E-state index in [0.717, 1.165) is 44.9 Å². The molecule has 0 saturated carbocycles. The monoisotopic (exact) mass is 856 g/mol. The van der Waals surface area contributed by atoms with E-state index in [-0.39, 0.29) is 31.7 Å². The summed E-state index contributed by atoms with van der Waals surface area (Å²) in [7, 11) is -4.74. The second-order valence-electron chi connectivity index (χ2n) is 15.9. The van der Waals surface area contributed by atoms with Crippen LogP contribution in [0.15, 0.2) is 36.5 Å². The molecule has 1 rings (SSSR count). The number of esters is 2. The molecule has 0 radical (unpaired) electrons. The summed E-state index contributed by atoms with van der Waals surface area (Å²) in [5.74, 6) is -2.46. The van der Waals surface area contributed by atoms with E-state index in [1.54, 1.807) is 0 Å². The number of allylic oxidation sites excluding steroid dienone is 5. The molecule has 4 N–H and O–H groups in total. The van der Waals surface area contributed by atoms with Crippen molar-refractivity contribution >= 4 is 25.7 Å². The minimum Gasteiger partial charge on any atom is -0.480 e. The first-order valence-corrected chi connectivity index (χ1v) is 24.6. The minimum absolute atomic E-state index is 0.0740. The van der Waals surface area contributed by atoms with Crippen LogP contribution in [0.4, 0.5) is 0 Å². The van der Waals surface area contributed by atoms with Crippen molar-refractivity contribution in [2.45, 2.75) is 218 Å². The fourth-order valence-corrected chi connectivity index (χ4v) is 7.34. The average molecular weight is 856 g/mol. The molecule has 1 fully saturated rings. The number of carboxylic acids is 1. The Hall–Kier alpha value is -2.34. The van der Waals surface area contributed by atoms with E-state index < -0.39 is 51.1 Å². The van der Waals surface area contributed by atoms with Gasteiger partial charge in [-0.25, -0.2) is 4.57 Å². The SMILES string of the molecule is CCCCC/C=C\C/C=C\C/C=C\CC1OC1CCCC(=O)O[C@H](COC(=O)CCCCCCCCCCCCCCCCCCC)COP(=O)(O)OC[C@H](N)C(=O)O. The summed E-state index contributed by atoms with van der Waals surface area (Å²) in [4.78, 5) is 46.2. The summed E-state index contributed by atoms with van der Waals surface area (Å²) in [6.45, 7) is 2.72. The van der Waals surface area contributed by atoms with Gasteiger partial charge in [0.15, 0.2) is 6.10 Å². The molecule has 0 bridgehead atoms. The Balaban J connectivity index is 2.31. The highest BCUT2D eigenvalue weighted by molar-refractivity contribution is 7.47. The van der Waals surface area contributed by atoms with E-state index in [4.69, 9.17) is 29.6 Å². The number of ether oxygens (including phenoxy) is 3. The molecule has 13 heteroatoms. The van der Waals surface area contributed by atoms with Gasteiger partial charge in [0.25, 0.3) is 0 Å². The zero-order valence-electron chi connectivity index (χ0n) is 36.8. The third kappa shape index (κ3) is 35.0. The van der Waals surface area contributed by atoms with Gasteiger partial charge in [0.1, 0.15) is 12.6 Å². The number of epoxide rings is 1. The van der Waals surface area contributed by atoms with Crippen LogP contribution in [0, 0.1) is 0 Å². The van der Waals surface area contributed by atoms with Crippen molar-refractivity contribution in [1.29, 1.82) is 0 Å². The van der Waals surface area contributed by atoms with Crippen LogP contribution in [0.25, 0.3) is 0 Å². The van der Waals surface area contributed by atoms with Crippen molar-refractivity contribution in [2.24, 2.45) is 5.73 Å². The first-order valence-electron chi connectivity index (χ1n) is 23.1. The first kappa shape index (κ1) is 54.7. The highest BCUT2D eigenvalue weighted by atomic mass is 31.2. The lowest BCUT2D eigenvalue weighted by Crippen LogP contribution is -2.34. The predicted octanol–water partition coefficient (Wildman–Crippen LogP) is 11.4. The summed E-state index contributed by atoms with van der Waals surface area (Å²) < 4.78 is 38.5. The molecule has 12 nitrogen and oxygen atoms in total. The van der Waals surface area contributed by atoms with Crippen molar-refractivity contribution < 1.29 is 52.2 Å². The van der Waals surface area contributed by atoms with Crippen LogP contribution in [-0.2, 0) is 42.2 Å². The van der Waals surface area contributed by atoms with Crippen LogP contribution in [0.3, 0.4) is 0 Å². The van der Waals surface area contributed by atoms with Gasteiger partial charge in [-0.2, -0.15) is 0 Å². The molecule has 1 aliphatic rings. The molecular weight excluding hydrogens is 773 g/mol. The lowest BCUT2D eigenvalue weighted by atomic mass is 10.0. The number of carbonyl (C=O) groups excluding carboxylic acids is 2. The quantitative estimate of drug-likeness (QED) is 0.0174. The van der Waals surface area contributed by atoms with Crippen molar-refractivity contribution in [3.8, 4) is 0 Å². The third-order valence-corrected chi connectivity index (χ3v) is 11.3. The second kappa shape index (κ2) is 37.4.